The Labute approximate surface area is 107 Å². The first-order valence-electron chi connectivity index (χ1n) is 6.04. The van der Waals surface area contributed by atoms with Gasteiger partial charge in [0, 0.05) is 0 Å². The highest BCUT2D eigenvalue weighted by atomic mass is 16.5. The van der Waals surface area contributed by atoms with Gasteiger partial charge in [0.05, 0.1) is 6.61 Å². The molecule has 18 heavy (non-hydrogen) atoms. The predicted molar refractivity (Wildman–Crippen MR) is 68.7 cm³/mol. The molecule has 0 bridgehead atoms. The van der Waals surface area contributed by atoms with Gasteiger partial charge in [-0.3, -0.25) is 0 Å². The molecule has 0 aliphatic carbocycles. The van der Waals surface area contributed by atoms with Gasteiger partial charge < -0.3 is 9.47 Å². The summed E-state index contributed by atoms with van der Waals surface area (Å²) in [5, 5.41) is 0. The predicted octanol–water partition coefficient (Wildman–Crippen LogP) is 2.33. The number of benzene rings is 1. The Morgan fingerprint density at radius 2 is 2.17 bits per heavy atom. The Morgan fingerprint density at radius 1 is 1.39 bits per heavy atom. The van der Waals surface area contributed by atoms with Crippen molar-refractivity contribution in [3.63, 3.8) is 0 Å². The molecule has 1 aromatic carbocycles. The molecule has 4 nitrogen and oxygen atoms in total. The summed E-state index contributed by atoms with van der Waals surface area (Å²) in [4.78, 5) is 15.8. The average Bonchev–Trinajstić information content (AvgIpc) is 2.82. The number of carbonyl (C=O) groups is 1. The lowest BCUT2D eigenvalue weighted by Crippen LogP contribution is -2.26. The van der Waals surface area contributed by atoms with Crippen LogP contribution in [0.4, 0.5) is 0 Å². The molecule has 96 valence electrons. The second-order valence-corrected chi connectivity index (χ2v) is 4.35. The van der Waals surface area contributed by atoms with Gasteiger partial charge in [-0.1, -0.05) is 18.2 Å². The smallest absolute Gasteiger partial charge is 0.335 e. The lowest BCUT2D eigenvalue weighted by Gasteiger charge is -2.17. The molecule has 4 heteroatoms. The SMILES string of the molecule is CCOC(=O)C1N=COC1c1ccc(C)c(C)c1. The van der Waals surface area contributed by atoms with Crippen LogP contribution in [0.2, 0.25) is 0 Å². The van der Waals surface area contributed by atoms with Crippen LogP contribution in [-0.2, 0) is 14.3 Å². The molecule has 0 saturated carbocycles. The van der Waals surface area contributed by atoms with Gasteiger partial charge in [0.2, 0.25) is 0 Å². The summed E-state index contributed by atoms with van der Waals surface area (Å²) in [6, 6.07) is 5.43. The molecule has 1 heterocycles. The van der Waals surface area contributed by atoms with E-state index in [4.69, 9.17) is 9.47 Å². The molecule has 1 aromatic rings. The van der Waals surface area contributed by atoms with E-state index >= 15 is 0 Å². The fourth-order valence-corrected chi connectivity index (χ4v) is 1.93. The number of aryl methyl sites for hydroxylation is 2. The van der Waals surface area contributed by atoms with Gasteiger partial charge in [-0.15, -0.1) is 0 Å². The summed E-state index contributed by atoms with van der Waals surface area (Å²) in [5.41, 5.74) is 3.34. The van der Waals surface area contributed by atoms with E-state index in [1.165, 1.54) is 17.5 Å². The van der Waals surface area contributed by atoms with Crippen molar-refractivity contribution in [1.82, 2.24) is 0 Å². The lowest BCUT2D eigenvalue weighted by molar-refractivity contribution is -0.146. The van der Waals surface area contributed by atoms with E-state index < -0.39 is 6.04 Å². The zero-order valence-electron chi connectivity index (χ0n) is 10.8. The van der Waals surface area contributed by atoms with Crippen molar-refractivity contribution >= 4 is 12.4 Å². The van der Waals surface area contributed by atoms with Crippen molar-refractivity contribution in [2.45, 2.75) is 32.9 Å². The Hall–Kier alpha value is -1.84. The summed E-state index contributed by atoms with van der Waals surface area (Å²) < 4.78 is 10.4. The quantitative estimate of drug-likeness (QED) is 0.770. The topological polar surface area (TPSA) is 47.9 Å². The number of hydrogen-bond donors (Lipinski definition) is 0. The average molecular weight is 247 g/mol. The molecule has 1 aliphatic rings. The van der Waals surface area contributed by atoms with Crippen LogP contribution >= 0.6 is 0 Å². The summed E-state index contributed by atoms with van der Waals surface area (Å²) in [6.45, 7) is 6.22. The molecule has 0 fully saturated rings. The maximum absolute atomic E-state index is 11.8. The minimum Gasteiger partial charge on any atom is -0.473 e. The van der Waals surface area contributed by atoms with Crippen molar-refractivity contribution < 1.29 is 14.3 Å². The highest BCUT2D eigenvalue weighted by molar-refractivity contribution is 5.80. The van der Waals surface area contributed by atoms with Crippen molar-refractivity contribution in [2.24, 2.45) is 4.99 Å². The van der Waals surface area contributed by atoms with Crippen LogP contribution in [0.3, 0.4) is 0 Å². The first kappa shape index (κ1) is 12.6. The largest absolute Gasteiger partial charge is 0.473 e. The van der Waals surface area contributed by atoms with Crippen molar-refractivity contribution in [3.8, 4) is 0 Å². The normalized spacial score (nSPS) is 21.7. The number of hydrogen-bond acceptors (Lipinski definition) is 4. The van der Waals surface area contributed by atoms with E-state index in [0.29, 0.717) is 6.61 Å². The van der Waals surface area contributed by atoms with Gasteiger partial charge in [-0.05, 0) is 37.5 Å². The van der Waals surface area contributed by atoms with Crippen LogP contribution < -0.4 is 0 Å². The van der Waals surface area contributed by atoms with Crippen LogP contribution in [0, 0.1) is 13.8 Å². The van der Waals surface area contributed by atoms with Crippen LogP contribution in [0.25, 0.3) is 0 Å². The van der Waals surface area contributed by atoms with Crippen LogP contribution in [0.1, 0.15) is 29.7 Å². The maximum atomic E-state index is 11.8. The van der Waals surface area contributed by atoms with E-state index in [2.05, 4.69) is 4.99 Å². The van der Waals surface area contributed by atoms with Crippen LogP contribution in [-0.4, -0.2) is 25.0 Å². The molecule has 0 saturated heterocycles. The number of rotatable bonds is 3. The Balaban J connectivity index is 2.22. The molecule has 0 spiro atoms. The highest BCUT2D eigenvalue weighted by Gasteiger charge is 2.35. The molecule has 2 unspecified atom stereocenters. The minimum atomic E-state index is -0.591. The molecule has 0 N–H and O–H groups in total. The first-order valence-corrected chi connectivity index (χ1v) is 6.04. The second-order valence-electron chi connectivity index (χ2n) is 4.35. The number of carbonyl (C=O) groups excluding carboxylic acids is 1. The zero-order chi connectivity index (χ0) is 13.1. The fraction of sp³-hybridized carbons (Fsp3) is 0.429. The van der Waals surface area contributed by atoms with Crippen molar-refractivity contribution in [1.29, 1.82) is 0 Å². The van der Waals surface area contributed by atoms with Gasteiger partial charge in [-0.2, -0.15) is 0 Å². The monoisotopic (exact) mass is 247 g/mol. The highest BCUT2D eigenvalue weighted by Crippen LogP contribution is 2.29. The zero-order valence-corrected chi connectivity index (χ0v) is 10.8. The molecule has 2 rings (SSSR count). The molecular weight excluding hydrogens is 230 g/mol. The first-order chi connectivity index (χ1) is 8.63. The lowest BCUT2D eigenvalue weighted by atomic mass is 9.99. The molecule has 0 aromatic heterocycles. The maximum Gasteiger partial charge on any atom is 0.335 e. The summed E-state index contributed by atoms with van der Waals surface area (Å²) in [5.74, 6) is -0.338. The third kappa shape index (κ3) is 2.37. The third-order valence-electron chi connectivity index (χ3n) is 3.10. The Morgan fingerprint density at radius 3 is 2.83 bits per heavy atom. The molecule has 2 atom stereocenters. The van der Waals surface area contributed by atoms with Crippen LogP contribution in [0.15, 0.2) is 23.2 Å². The Bertz CT molecular complexity index is 482. The van der Waals surface area contributed by atoms with E-state index in [-0.39, 0.29) is 12.1 Å². The molecule has 1 aliphatic heterocycles. The standard InChI is InChI=1S/C14H17NO3/c1-4-17-14(16)12-13(18-8-15-12)11-6-5-9(2)10(3)7-11/h5-8,12-13H,4H2,1-3H3. The van der Waals surface area contributed by atoms with Gasteiger partial charge >= 0.3 is 5.97 Å². The van der Waals surface area contributed by atoms with Crippen molar-refractivity contribution in [3.05, 3.63) is 34.9 Å². The van der Waals surface area contributed by atoms with E-state index in [1.54, 1.807) is 6.92 Å². The van der Waals surface area contributed by atoms with E-state index in [9.17, 15) is 4.79 Å². The van der Waals surface area contributed by atoms with Gasteiger partial charge in [0.15, 0.2) is 18.5 Å². The summed E-state index contributed by atoms with van der Waals surface area (Å²) in [6.07, 6.45) is 0.963. The van der Waals surface area contributed by atoms with Gasteiger partial charge in [0.1, 0.15) is 0 Å². The van der Waals surface area contributed by atoms with Crippen LogP contribution in [0.5, 0.6) is 0 Å². The fourth-order valence-electron chi connectivity index (χ4n) is 1.93. The second kappa shape index (κ2) is 5.21. The number of nitrogens with zero attached hydrogens (tertiary/aromatic N) is 1. The molecule has 0 amide bonds. The van der Waals surface area contributed by atoms with E-state index in [1.807, 2.05) is 32.0 Å². The Kier molecular flexibility index (Phi) is 3.65. The van der Waals surface area contributed by atoms with Gasteiger partial charge in [0.25, 0.3) is 0 Å². The summed E-state index contributed by atoms with van der Waals surface area (Å²) in [7, 11) is 0. The number of esters is 1. The number of aliphatic imine (C=N–C) groups is 1. The number of ether oxygens (including phenoxy) is 2. The third-order valence-corrected chi connectivity index (χ3v) is 3.10. The summed E-state index contributed by atoms with van der Waals surface area (Å²) >= 11 is 0. The van der Waals surface area contributed by atoms with E-state index in [0.717, 1.165) is 5.56 Å². The molecule has 0 radical (unpaired) electrons. The van der Waals surface area contributed by atoms with Gasteiger partial charge in [-0.25, -0.2) is 9.79 Å². The van der Waals surface area contributed by atoms with Crippen molar-refractivity contribution in [2.75, 3.05) is 6.61 Å². The minimum absolute atomic E-state index is 0.338. The molecular formula is C14H17NO3.